The topological polar surface area (TPSA) is 78.9 Å². The van der Waals surface area contributed by atoms with Crippen molar-refractivity contribution in [2.45, 2.75) is 412 Å². The Morgan fingerprint density at radius 1 is 0.253 bits per heavy atom. The van der Waals surface area contributed by atoms with Gasteiger partial charge in [0.25, 0.3) is 0 Å². The molecule has 6 heteroatoms. The van der Waals surface area contributed by atoms with Crippen LogP contribution in [0.4, 0.5) is 0 Å². The van der Waals surface area contributed by atoms with Gasteiger partial charge < -0.3 is 14.2 Å². The van der Waals surface area contributed by atoms with E-state index in [4.69, 9.17) is 14.2 Å². The molecule has 0 aromatic carbocycles. The number of carbonyl (C=O) groups excluding carboxylic acids is 3. The Balaban J connectivity index is 4.00. The van der Waals surface area contributed by atoms with Crippen molar-refractivity contribution in [1.29, 1.82) is 0 Å². The Hall–Kier alpha value is -2.11. The molecule has 0 rings (SSSR count). The molecule has 79 heavy (non-hydrogen) atoms. The lowest BCUT2D eigenvalue weighted by Crippen LogP contribution is -2.30. The fraction of sp³-hybridized carbons (Fsp3) is 0.904. The van der Waals surface area contributed by atoms with E-state index in [2.05, 4.69) is 45.1 Å². The fourth-order valence-electron chi connectivity index (χ4n) is 11.1. The van der Waals surface area contributed by atoms with Gasteiger partial charge in [0.05, 0.1) is 0 Å². The third kappa shape index (κ3) is 66.6. The quantitative estimate of drug-likeness (QED) is 0.0261. The summed E-state index contributed by atoms with van der Waals surface area (Å²) in [5.41, 5.74) is 0. The van der Waals surface area contributed by atoms with Crippen molar-refractivity contribution in [2.75, 3.05) is 13.2 Å². The Morgan fingerprint density at radius 2 is 0.456 bits per heavy atom. The van der Waals surface area contributed by atoms with Crippen molar-refractivity contribution in [3.63, 3.8) is 0 Å². The molecule has 0 aliphatic heterocycles. The Morgan fingerprint density at radius 3 is 0.722 bits per heavy atom. The molecule has 0 fully saturated rings. The highest BCUT2D eigenvalue weighted by molar-refractivity contribution is 5.71. The molecule has 0 amide bonds. The molecule has 6 nitrogen and oxygen atoms in total. The van der Waals surface area contributed by atoms with Crippen LogP contribution in [0.15, 0.2) is 24.3 Å². The number of allylic oxidation sites excluding steroid dienone is 4. The van der Waals surface area contributed by atoms with E-state index in [9.17, 15) is 14.4 Å². The van der Waals surface area contributed by atoms with Crippen LogP contribution in [0.3, 0.4) is 0 Å². The number of esters is 3. The van der Waals surface area contributed by atoms with E-state index in [0.717, 1.165) is 70.6 Å². The van der Waals surface area contributed by atoms with Gasteiger partial charge in [0.1, 0.15) is 13.2 Å². The van der Waals surface area contributed by atoms with E-state index in [0.29, 0.717) is 19.3 Å². The monoisotopic (exact) mass is 1110 g/mol. The van der Waals surface area contributed by atoms with Gasteiger partial charge in [-0.2, -0.15) is 0 Å². The van der Waals surface area contributed by atoms with Crippen molar-refractivity contribution < 1.29 is 28.6 Å². The average Bonchev–Trinajstić information content (AvgIpc) is 3.45. The lowest BCUT2D eigenvalue weighted by molar-refractivity contribution is -0.167. The Labute approximate surface area is 493 Å². The number of rotatable bonds is 67. The molecule has 466 valence electrons. The second-order valence-electron chi connectivity index (χ2n) is 24.5. The molecular weight excluding hydrogens is 973 g/mol. The van der Waals surface area contributed by atoms with Crippen LogP contribution in [0.2, 0.25) is 0 Å². The molecule has 1 unspecified atom stereocenters. The molecule has 0 radical (unpaired) electrons. The first-order valence-corrected chi connectivity index (χ1v) is 35.8. The van der Waals surface area contributed by atoms with Crippen LogP contribution in [0.1, 0.15) is 406 Å². The van der Waals surface area contributed by atoms with Crippen LogP contribution in [-0.4, -0.2) is 37.2 Å². The molecule has 1 atom stereocenters. The summed E-state index contributed by atoms with van der Waals surface area (Å²) < 4.78 is 16.9. The second kappa shape index (κ2) is 68.4. The van der Waals surface area contributed by atoms with Crippen LogP contribution in [0, 0.1) is 0 Å². The molecule has 0 saturated carbocycles. The summed E-state index contributed by atoms with van der Waals surface area (Å²) in [6.07, 6.45) is 83.8. The molecule has 0 aliphatic rings. The van der Waals surface area contributed by atoms with Crippen LogP contribution < -0.4 is 0 Å². The van der Waals surface area contributed by atoms with Crippen molar-refractivity contribution in [3.05, 3.63) is 24.3 Å². The van der Waals surface area contributed by atoms with E-state index < -0.39 is 6.10 Å². The third-order valence-electron chi connectivity index (χ3n) is 16.5. The largest absolute Gasteiger partial charge is 0.462 e. The van der Waals surface area contributed by atoms with Gasteiger partial charge in [0.15, 0.2) is 6.10 Å². The summed E-state index contributed by atoms with van der Waals surface area (Å²) in [4.78, 5) is 38.3. The van der Waals surface area contributed by atoms with Crippen LogP contribution in [-0.2, 0) is 28.6 Å². The fourth-order valence-corrected chi connectivity index (χ4v) is 11.1. The van der Waals surface area contributed by atoms with Crippen molar-refractivity contribution in [3.8, 4) is 0 Å². The lowest BCUT2D eigenvalue weighted by Gasteiger charge is -2.18. The van der Waals surface area contributed by atoms with E-state index >= 15 is 0 Å². The summed E-state index contributed by atoms with van der Waals surface area (Å²) in [6.45, 7) is 6.67. The maximum atomic E-state index is 12.9. The van der Waals surface area contributed by atoms with E-state index in [-0.39, 0.29) is 31.1 Å². The minimum absolute atomic E-state index is 0.0687. The summed E-state index contributed by atoms with van der Waals surface area (Å²) in [5, 5.41) is 0. The summed E-state index contributed by atoms with van der Waals surface area (Å²) in [7, 11) is 0. The van der Waals surface area contributed by atoms with Crippen LogP contribution in [0.25, 0.3) is 0 Å². The highest BCUT2D eigenvalue weighted by Crippen LogP contribution is 2.19. The third-order valence-corrected chi connectivity index (χ3v) is 16.5. The zero-order chi connectivity index (χ0) is 57.1. The summed E-state index contributed by atoms with van der Waals surface area (Å²) >= 11 is 0. The molecule has 0 spiro atoms. The van der Waals surface area contributed by atoms with Crippen LogP contribution in [0.5, 0.6) is 0 Å². The first-order valence-electron chi connectivity index (χ1n) is 35.8. The first kappa shape index (κ1) is 76.9. The number of hydrogen-bond donors (Lipinski definition) is 0. The Kier molecular flexibility index (Phi) is 66.6. The SMILES string of the molecule is CCCCC/C=C\C/C=C\CCCCCCCCCC(=O)OC(COC(=O)CCCCCCCCCCCC)COC(=O)CCCCCCCCCCCCCCCCCCCCCCCCCCCCCCCCCCCC. The first-order chi connectivity index (χ1) is 39.0. The molecule has 0 aromatic heterocycles. The van der Waals surface area contributed by atoms with E-state index in [1.165, 1.54) is 295 Å². The predicted molar refractivity (Wildman–Crippen MR) is 344 cm³/mol. The minimum Gasteiger partial charge on any atom is -0.462 e. The van der Waals surface area contributed by atoms with Gasteiger partial charge in [-0.3, -0.25) is 14.4 Å². The van der Waals surface area contributed by atoms with Crippen molar-refractivity contribution in [1.82, 2.24) is 0 Å². The maximum Gasteiger partial charge on any atom is 0.306 e. The number of hydrogen-bond acceptors (Lipinski definition) is 6. The van der Waals surface area contributed by atoms with Gasteiger partial charge >= 0.3 is 17.9 Å². The van der Waals surface area contributed by atoms with Gasteiger partial charge in [0, 0.05) is 19.3 Å². The number of unbranched alkanes of at least 4 members (excludes halogenated alkanes) is 52. The zero-order valence-electron chi connectivity index (χ0n) is 53.7. The van der Waals surface area contributed by atoms with Crippen molar-refractivity contribution >= 4 is 17.9 Å². The van der Waals surface area contributed by atoms with Gasteiger partial charge in [-0.1, -0.05) is 360 Å². The molecule has 0 aromatic rings. The maximum absolute atomic E-state index is 12.9. The zero-order valence-corrected chi connectivity index (χ0v) is 53.7. The van der Waals surface area contributed by atoms with E-state index in [1.807, 2.05) is 0 Å². The average molecular weight is 1110 g/mol. The highest BCUT2D eigenvalue weighted by atomic mass is 16.6. The molecule has 0 saturated heterocycles. The van der Waals surface area contributed by atoms with Gasteiger partial charge in [-0.15, -0.1) is 0 Å². The van der Waals surface area contributed by atoms with Gasteiger partial charge in [-0.05, 0) is 51.4 Å². The predicted octanol–water partition coefficient (Wildman–Crippen LogP) is 24.6. The van der Waals surface area contributed by atoms with Gasteiger partial charge in [0.2, 0.25) is 0 Å². The minimum atomic E-state index is -0.771. The molecular formula is C73H138O6. The molecule has 0 N–H and O–H groups in total. The molecule has 0 heterocycles. The smallest absolute Gasteiger partial charge is 0.306 e. The Bertz CT molecular complexity index is 1270. The summed E-state index contributed by atoms with van der Waals surface area (Å²) in [6, 6.07) is 0. The normalized spacial score (nSPS) is 12.1. The standard InChI is InChI=1S/C73H138O6/c1-4-7-10-13-16-19-22-24-26-28-29-30-31-32-33-34-35-36-37-38-39-40-41-42-43-44-46-47-49-51-54-57-60-63-66-72(75)78-69-70(68-77-71(74)65-62-59-56-53-21-18-15-12-9-6-3)79-73(76)67-64-61-58-55-52-50-48-45-27-25-23-20-17-14-11-8-5-2/h17,20,25,27,70H,4-16,18-19,21-24,26,28-69H2,1-3H3/b20-17-,27-25-. The number of carbonyl (C=O) groups is 3. The van der Waals surface area contributed by atoms with E-state index in [1.54, 1.807) is 0 Å². The second-order valence-corrected chi connectivity index (χ2v) is 24.5. The number of ether oxygens (including phenoxy) is 3. The lowest BCUT2D eigenvalue weighted by atomic mass is 10.0. The van der Waals surface area contributed by atoms with Gasteiger partial charge in [-0.25, -0.2) is 0 Å². The highest BCUT2D eigenvalue weighted by Gasteiger charge is 2.19. The van der Waals surface area contributed by atoms with Crippen molar-refractivity contribution in [2.24, 2.45) is 0 Å². The molecule has 0 bridgehead atoms. The summed E-state index contributed by atoms with van der Waals surface area (Å²) in [5.74, 6) is -0.851. The molecule has 0 aliphatic carbocycles. The van der Waals surface area contributed by atoms with Crippen LogP contribution >= 0.6 is 0 Å².